The summed E-state index contributed by atoms with van der Waals surface area (Å²) in [6.07, 6.45) is 1.69. The van der Waals surface area contributed by atoms with Gasteiger partial charge in [0.2, 0.25) is 0 Å². The minimum atomic E-state index is -0.365. The molecule has 0 bridgehead atoms. The van der Waals surface area contributed by atoms with E-state index in [2.05, 4.69) is 18.8 Å². The van der Waals surface area contributed by atoms with Gasteiger partial charge in [0.25, 0.3) is 0 Å². The van der Waals surface area contributed by atoms with Crippen LogP contribution in [-0.4, -0.2) is 4.98 Å². The number of hydrogen-bond acceptors (Lipinski definition) is 3. The number of halogens is 1. The Balaban J connectivity index is 2.36. The van der Waals surface area contributed by atoms with Gasteiger partial charge < -0.3 is 5.73 Å². The van der Waals surface area contributed by atoms with Crippen molar-refractivity contribution in [1.29, 1.82) is 0 Å². The molecule has 96 valence electrons. The smallest absolute Gasteiger partial charge is 0.123 e. The highest BCUT2D eigenvalue weighted by molar-refractivity contribution is 7.10. The zero-order valence-corrected chi connectivity index (χ0v) is 11.4. The van der Waals surface area contributed by atoms with Crippen LogP contribution in [0.5, 0.6) is 0 Å². The quantitative estimate of drug-likeness (QED) is 0.909. The number of nitrogens with zero attached hydrogens (tertiary/aromatic N) is 1. The molecule has 0 aliphatic carbocycles. The third kappa shape index (κ3) is 2.44. The van der Waals surface area contributed by atoms with Gasteiger partial charge in [-0.25, -0.2) is 9.37 Å². The SMILES string of the molecule is CCC(N)(CC)c1nc(-c2cccc(F)c2)cs1. The molecule has 2 nitrogen and oxygen atoms in total. The Bertz CT molecular complexity index is 532. The first-order valence-corrected chi connectivity index (χ1v) is 6.98. The second-order valence-corrected chi connectivity index (χ2v) is 5.27. The summed E-state index contributed by atoms with van der Waals surface area (Å²) in [5, 5.41) is 2.86. The van der Waals surface area contributed by atoms with E-state index in [0.29, 0.717) is 0 Å². The number of rotatable bonds is 4. The maximum Gasteiger partial charge on any atom is 0.123 e. The molecule has 0 radical (unpaired) electrons. The highest BCUT2D eigenvalue weighted by Gasteiger charge is 2.26. The van der Waals surface area contributed by atoms with Gasteiger partial charge in [-0.1, -0.05) is 26.0 Å². The normalized spacial score (nSPS) is 11.8. The van der Waals surface area contributed by atoms with Crippen LogP contribution < -0.4 is 5.73 Å². The lowest BCUT2D eigenvalue weighted by molar-refractivity contribution is 0.411. The van der Waals surface area contributed by atoms with Gasteiger partial charge in [0, 0.05) is 10.9 Å². The van der Waals surface area contributed by atoms with Crippen molar-refractivity contribution < 1.29 is 4.39 Å². The molecule has 0 saturated carbocycles. The van der Waals surface area contributed by atoms with Gasteiger partial charge in [-0.15, -0.1) is 11.3 Å². The maximum atomic E-state index is 13.2. The number of nitrogens with two attached hydrogens (primary N) is 1. The van der Waals surface area contributed by atoms with Crippen molar-refractivity contribution in [2.24, 2.45) is 5.73 Å². The lowest BCUT2D eigenvalue weighted by atomic mass is 9.95. The van der Waals surface area contributed by atoms with Crippen molar-refractivity contribution in [3.05, 3.63) is 40.5 Å². The molecule has 0 amide bonds. The third-order valence-corrected chi connectivity index (χ3v) is 4.37. The van der Waals surface area contributed by atoms with Crippen molar-refractivity contribution in [2.75, 3.05) is 0 Å². The molecule has 0 saturated heterocycles. The van der Waals surface area contributed by atoms with E-state index in [0.717, 1.165) is 29.1 Å². The summed E-state index contributed by atoms with van der Waals surface area (Å²) >= 11 is 1.55. The van der Waals surface area contributed by atoms with Gasteiger partial charge in [-0.2, -0.15) is 0 Å². The molecule has 2 rings (SSSR count). The number of hydrogen-bond donors (Lipinski definition) is 1. The van der Waals surface area contributed by atoms with Crippen LogP contribution >= 0.6 is 11.3 Å². The van der Waals surface area contributed by atoms with E-state index in [1.165, 1.54) is 12.1 Å². The predicted molar refractivity (Wildman–Crippen MR) is 74.0 cm³/mol. The zero-order chi connectivity index (χ0) is 13.2. The lowest BCUT2D eigenvalue weighted by Gasteiger charge is -2.23. The first-order valence-electron chi connectivity index (χ1n) is 6.10. The fourth-order valence-corrected chi connectivity index (χ4v) is 2.92. The number of benzene rings is 1. The van der Waals surface area contributed by atoms with Crippen LogP contribution in [0.1, 0.15) is 31.7 Å². The molecule has 0 aliphatic rings. The molecule has 0 atom stereocenters. The summed E-state index contributed by atoms with van der Waals surface area (Å²) in [6.45, 7) is 4.12. The van der Waals surface area contributed by atoms with E-state index in [1.807, 2.05) is 11.4 Å². The molecule has 1 aromatic heterocycles. The van der Waals surface area contributed by atoms with Gasteiger partial charge in [-0.3, -0.25) is 0 Å². The van der Waals surface area contributed by atoms with E-state index in [1.54, 1.807) is 17.4 Å². The third-order valence-electron chi connectivity index (χ3n) is 3.31. The fraction of sp³-hybridized carbons (Fsp3) is 0.357. The van der Waals surface area contributed by atoms with Gasteiger partial charge in [0.15, 0.2) is 0 Å². The van der Waals surface area contributed by atoms with E-state index in [-0.39, 0.29) is 11.4 Å². The lowest BCUT2D eigenvalue weighted by Crippen LogP contribution is -2.34. The second kappa shape index (κ2) is 5.16. The van der Waals surface area contributed by atoms with E-state index < -0.39 is 0 Å². The minimum Gasteiger partial charge on any atom is -0.319 e. The molecule has 2 N–H and O–H groups in total. The highest BCUT2D eigenvalue weighted by atomic mass is 32.1. The van der Waals surface area contributed by atoms with Crippen LogP contribution in [0.3, 0.4) is 0 Å². The van der Waals surface area contributed by atoms with Crippen LogP contribution in [0.4, 0.5) is 4.39 Å². The summed E-state index contributed by atoms with van der Waals surface area (Å²) in [5.41, 5.74) is 7.54. The second-order valence-electron chi connectivity index (χ2n) is 4.41. The van der Waals surface area contributed by atoms with Crippen molar-refractivity contribution in [2.45, 2.75) is 32.2 Å². The Kier molecular flexibility index (Phi) is 3.78. The highest BCUT2D eigenvalue weighted by Crippen LogP contribution is 2.31. The molecular weight excluding hydrogens is 247 g/mol. The molecule has 0 fully saturated rings. The molecule has 0 spiro atoms. The topological polar surface area (TPSA) is 38.9 Å². The average molecular weight is 264 g/mol. The number of thiazole rings is 1. The molecule has 0 aliphatic heterocycles. The predicted octanol–water partition coefficient (Wildman–Crippen LogP) is 3.92. The van der Waals surface area contributed by atoms with E-state index >= 15 is 0 Å². The van der Waals surface area contributed by atoms with Crippen LogP contribution in [0.2, 0.25) is 0 Å². The van der Waals surface area contributed by atoms with Gasteiger partial charge >= 0.3 is 0 Å². The van der Waals surface area contributed by atoms with Crippen molar-refractivity contribution in [1.82, 2.24) is 4.98 Å². The zero-order valence-electron chi connectivity index (χ0n) is 10.6. The van der Waals surface area contributed by atoms with Gasteiger partial charge in [-0.05, 0) is 25.0 Å². The van der Waals surface area contributed by atoms with Crippen LogP contribution in [0, 0.1) is 5.82 Å². The van der Waals surface area contributed by atoms with E-state index in [9.17, 15) is 4.39 Å². The monoisotopic (exact) mass is 264 g/mol. The van der Waals surface area contributed by atoms with Gasteiger partial charge in [0.05, 0.1) is 11.2 Å². The molecule has 1 heterocycles. The summed E-state index contributed by atoms with van der Waals surface area (Å²) in [7, 11) is 0. The fourth-order valence-electron chi connectivity index (χ4n) is 1.84. The minimum absolute atomic E-state index is 0.243. The summed E-state index contributed by atoms with van der Waals surface area (Å²) in [6, 6.07) is 6.48. The van der Waals surface area contributed by atoms with Crippen LogP contribution in [-0.2, 0) is 5.54 Å². The number of aromatic nitrogens is 1. The average Bonchev–Trinajstić information content (AvgIpc) is 2.88. The summed E-state index contributed by atoms with van der Waals surface area (Å²) in [5.74, 6) is -0.243. The first-order chi connectivity index (χ1) is 8.59. The first kappa shape index (κ1) is 13.2. The molecule has 2 aromatic rings. The largest absolute Gasteiger partial charge is 0.319 e. The van der Waals surface area contributed by atoms with Crippen molar-refractivity contribution >= 4 is 11.3 Å². The Hall–Kier alpha value is -1.26. The molecule has 0 unspecified atom stereocenters. The molecular formula is C14H17FN2S. The van der Waals surface area contributed by atoms with E-state index in [4.69, 9.17) is 5.73 Å². The van der Waals surface area contributed by atoms with Crippen LogP contribution in [0.25, 0.3) is 11.3 Å². The summed E-state index contributed by atoms with van der Waals surface area (Å²) < 4.78 is 13.2. The Morgan fingerprint density at radius 3 is 2.67 bits per heavy atom. The Morgan fingerprint density at radius 1 is 1.33 bits per heavy atom. The molecule has 1 aromatic carbocycles. The van der Waals surface area contributed by atoms with Crippen LogP contribution in [0.15, 0.2) is 29.6 Å². The van der Waals surface area contributed by atoms with Gasteiger partial charge in [0.1, 0.15) is 10.8 Å². The Morgan fingerprint density at radius 2 is 2.06 bits per heavy atom. The molecule has 18 heavy (non-hydrogen) atoms. The van der Waals surface area contributed by atoms with Crippen molar-refractivity contribution in [3.63, 3.8) is 0 Å². The summed E-state index contributed by atoms with van der Waals surface area (Å²) in [4.78, 5) is 4.56. The standard InChI is InChI=1S/C14H17FN2S/c1-3-14(16,4-2)13-17-12(9-18-13)10-6-5-7-11(15)8-10/h5-9H,3-4,16H2,1-2H3. The Labute approximate surface area is 111 Å². The maximum absolute atomic E-state index is 13.2. The van der Waals surface area contributed by atoms with Crippen molar-refractivity contribution in [3.8, 4) is 11.3 Å². The molecule has 4 heteroatoms.